The molecule has 124 valence electrons. The second-order valence-corrected chi connectivity index (χ2v) is 5.90. The molecule has 0 aliphatic rings. The maximum Gasteiger partial charge on any atom is 0.262 e. The van der Waals surface area contributed by atoms with Crippen LogP contribution in [0.4, 0.5) is 5.69 Å². The molecule has 3 aromatic rings. The molecule has 0 aliphatic carbocycles. The Morgan fingerprint density at radius 2 is 1.88 bits per heavy atom. The van der Waals surface area contributed by atoms with Gasteiger partial charge in [-0.25, -0.2) is 9.50 Å². The Morgan fingerprint density at radius 1 is 1.17 bits per heavy atom. The van der Waals surface area contributed by atoms with Crippen LogP contribution < -0.4 is 10.1 Å². The molecule has 6 nitrogen and oxygen atoms in total. The third kappa shape index (κ3) is 3.22. The van der Waals surface area contributed by atoms with E-state index in [0.29, 0.717) is 11.5 Å². The highest BCUT2D eigenvalue weighted by atomic mass is 16.5. The Kier molecular flexibility index (Phi) is 4.20. The zero-order valence-electron chi connectivity index (χ0n) is 14.3. The molecule has 1 amide bonds. The first-order chi connectivity index (χ1) is 11.4. The summed E-state index contributed by atoms with van der Waals surface area (Å²) in [6.45, 7) is 7.66. The number of fused-ring (bicyclic) bond motifs is 1. The van der Waals surface area contributed by atoms with Crippen molar-refractivity contribution in [2.75, 3.05) is 11.9 Å². The van der Waals surface area contributed by atoms with Gasteiger partial charge in [-0.05, 0) is 50.5 Å². The van der Waals surface area contributed by atoms with E-state index in [2.05, 4.69) is 15.4 Å². The smallest absolute Gasteiger partial charge is 0.262 e. The van der Waals surface area contributed by atoms with Gasteiger partial charge in [0.2, 0.25) is 0 Å². The zero-order valence-corrected chi connectivity index (χ0v) is 14.3. The zero-order chi connectivity index (χ0) is 17.3. The number of aryl methyl sites for hydroxylation is 4. The summed E-state index contributed by atoms with van der Waals surface area (Å²) in [6, 6.07) is 7.77. The lowest BCUT2D eigenvalue weighted by Crippen LogP contribution is -2.21. The second kappa shape index (κ2) is 6.31. The van der Waals surface area contributed by atoms with Crippen LogP contribution in [0.1, 0.15) is 22.5 Å². The molecule has 0 fully saturated rings. The molecule has 0 aliphatic heterocycles. The van der Waals surface area contributed by atoms with Crippen LogP contribution in [0.15, 0.2) is 30.5 Å². The number of carbonyl (C=O) groups excluding carboxylic acids is 1. The van der Waals surface area contributed by atoms with Gasteiger partial charge in [-0.2, -0.15) is 5.10 Å². The normalized spacial score (nSPS) is 10.8. The molecule has 0 atom stereocenters. The number of carbonyl (C=O) groups is 1. The Hall–Kier alpha value is -2.89. The van der Waals surface area contributed by atoms with Gasteiger partial charge in [0.05, 0.1) is 11.9 Å². The van der Waals surface area contributed by atoms with Gasteiger partial charge in [-0.3, -0.25) is 4.79 Å². The van der Waals surface area contributed by atoms with Crippen molar-refractivity contribution in [2.45, 2.75) is 27.7 Å². The summed E-state index contributed by atoms with van der Waals surface area (Å²) in [7, 11) is 0. The number of hydrogen-bond donors (Lipinski definition) is 1. The van der Waals surface area contributed by atoms with Crippen molar-refractivity contribution in [3.8, 4) is 5.75 Å². The molecule has 0 spiro atoms. The van der Waals surface area contributed by atoms with Crippen LogP contribution >= 0.6 is 0 Å². The number of rotatable bonds is 4. The van der Waals surface area contributed by atoms with Gasteiger partial charge in [0.15, 0.2) is 12.3 Å². The summed E-state index contributed by atoms with van der Waals surface area (Å²) in [5, 5.41) is 7.12. The number of para-hydroxylation sites is 1. The monoisotopic (exact) mass is 324 g/mol. The van der Waals surface area contributed by atoms with E-state index in [1.54, 1.807) is 10.7 Å². The van der Waals surface area contributed by atoms with Gasteiger partial charge in [0.25, 0.3) is 5.91 Å². The maximum absolute atomic E-state index is 12.2. The SMILES string of the molecule is Cc1nc2c(C)cc(NC(=O)COc3c(C)cccc3C)cn2n1. The van der Waals surface area contributed by atoms with Crippen molar-refractivity contribution < 1.29 is 9.53 Å². The standard InChI is InChI=1S/C18H20N4O2/c1-11-6-5-7-12(2)17(11)24-10-16(23)20-15-8-13(3)18-19-14(4)21-22(18)9-15/h5-9H,10H2,1-4H3,(H,20,23). The molecule has 0 saturated heterocycles. The van der Waals surface area contributed by atoms with Crippen LogP contribution in [0, 0.1) is 27.7 Å². The number of hydrogen-bond acceptors (Lipinski definition) is 4. The first-order valence-electron chi connectivity index (χ1n) is 7.76. The molecule has 0 radical (unpaired) electrons. The molecular weight excluding hydrogens is 304 g/mol. The predicted octanol–water partition coefficient (Wildman–Crippen LogP) is 2.98. The van der Waals surface area contributed by atoms with Gasteiger partial charge >= 0.3 is 0 Å². The number of benzene rings is 1. The Labute approximate surface area is 140 Å². The molecular formula is C18H20N4O2. The van der Waals surface area contributed by atoms with E-state index in [9.17, 15) is 4.79 Å². The molecule has 1 N–H and O–H groups in total. The number of amides is 1. The highest BCUT2D eigenvalue weighted by Crippen LogP contribution is 2.22. The second-order valence-electron chi connectivity index (χ2n) is 5.90. The highest BCUT2D eigenvalue weighted by molar-refractivity contribution is 5.92. The average Bonchev–Trinajstić information content (AvgIpc) is 2.87. The number of anilines is 1. The van der Waals surface area contributed by atoms with Crippen LogP contribution in [0.3, 0.4) is 0 Å². The first kappa shape index (κ1) is 16.0. The molecule has 0 bridgehead atoms. The van der Waals surface area contributed by atoms with E-state index in [-0.39, 0.29) is 12.5 Å². The average molecular weight is 324 g/mol. The van der Waals surface area contributed by atoms with Gasteiger partial charge in [-0.1, -0.05) is 18.2 Å². The number of nitrogens with one attached hydrogen (secondary N) is 1. The van der Waals surface area contributed by atoms with E-state index in [1.807, 2.05) is 52.0 Å². The summed E-state index contributed by atoms with van der Waals surface area (Å²) >= 11 is 0. The first-order valence-corrected chi connectivity index (χ1v) is 7.76. The molecule has 2 aromatic heterocycles. The van der Waals surface area contributed by atoms with Crippen molar-refractivity contribution >= 4 is 17.2 Å². The van der Waals surface area contributed by atoms with Crippen LogP contribution in [0.5, 0.6) is 5.75 Å². The van der Waals surface area contributed by atoms with Crippen molar-refractivity contribution in [1.29, 1.82) is 0 Å². The summed E-state index contributed by atoms with van der Waals surface area (Å²) in [5.41, 5.74) is 4.43. The van der Waals surface area contributed by atoms with Crippen molar-refractivity contribution in [2.24, 2.45) is 0 Å². The number of ether oxygens (including phenoxy) is 1. The molecule has 3 rings (SSSR count). The Balaban J connectivity index is 1.71. The fourth-order valence-corrected chi connectivity index (χ4v) is 2.69. The van der Waals surface area contributed by atoms with E-state index in [4.69, 9.17) is 4.74 Å². The minimum absolute atomic E-state index is 0.0425. The Bertz CT molecular complexity index is 895. The minimum atomic E-state index is -0.215. The third-order valence-corrected chi connectivity index (χ3v) is 3.76. The van der Waals surface area contributed by atoms with Crippen LogP contribution in [-0.4, -0.2) is 27.1 Å². The molecule has 0 saturated carbocycles. The summed E-state index contributed by atoms with van der Waals surface area (Å²) < 4.78 is 7.35. The number of pyridine rings is 1. The lowest BCUT2D eigenvalue weighted by Gasteiger charge is -2.12. The van der Waals surface area contributed by atoms with Gasteiger partial charge in [0, 0.05) is 0 Å². The lowest BCUT2D eigenvalue weighted by atomic mass is 10.1. The van der Waals surface area contributed by atoms with Gasteiger partial charge in [-0.15, -0.1) is 0 Å². The van der Waals surface area contributed by atoms with Gasteiger partial charge < -0.3 is 10.1 Å². The molecule has 24 heavy (non-hydrogen) atoms. The highest BCUT2D eigenvalue weighted by Gasteiger charge is 2.10. The predicted molar refractivity (Wildman–Crippen MR) is 92.5 cm³/mol. The Morgan fingerprint density at radius 3 is 2.58 bits per heavy atom. The number of nitrogens with zero attached hydrogens (tertiary/aromatic N) is 3. The van der Waals surface area contributed by atoms with E-state index >= 15 is 0 Å². The molecule has 2 heterocycles. The third-order valence-electron chi connectivity index (χ3n) is 3.76. The minimum Gasteiger partial charge on any atom is -0.483 e. The summed E-state index contributed by atoms with van der Waals surface area (Å²) in [4.78, 5) is 16.5. The van der Waals surface area contributed by atoms with Gasteiger partial charge in [0.1, 0.15) is 11.6 Å². The summed E-state index contributed by atoms with van der Waals surface area (Å²) in [5.74, 6) is 1.24. The quantitative estimate of drug-likeness (QED) is 0.801. The maximum atomic E-state index is 12.2. The van der Waals surface area contributed by atoms with Crippen molar-refractivity contribution in [1.82, 2.24) is 14.6 Å². The van der Waals surface area contributed by atoms with Crippen molar-refractivity contribution in [3.05, 3.63) is 53.0 Å². The van der Waals surface area contributed by atoms with Crippen molar-refractivity contribution in [3.63, 3.8) is 0 Å². The van der Waals surface area contributed by atoms with E-state index in [0.717, 1.165) is 28.1 Å². The topological polar surface area (TPSA) is 68.5 Å². The molecule has 1 aromatic carbocycles. The summed E-state index contributed by atoms with van der Waals surface area (Å²) in [6.07, 6.45) is 1.75. The van der Waals surface area contributed by atoms with Crippen LogP contribution in [0.2, 0.25) is 0 Å². The van der Waals surface area contributed by atoms with Crippen LogP contribution in [0.25, 0.3) is 5.65 Å². The van der Waals surface area contributed by atoms with E-state index in [1.165, 1.54) is 0 Å². The largest absolute Gasteiger partial charge is 0.483 e. The van der Waals surface area contributed by atoms with E-state index < -0.39 is 0 Å². The lowest BCUT2D eigenvalue weighted by molar-refractivity contribution is -0.118. The molecule has 6 heteroatoms. The molecule has 0 unspecified atom stereocenters. The fourth-order valence-electron chi connectivity index (χ4n) is 2.69. The van der Waals surface area contributed by atoms with Crippen LogP contribution in [-0.2, 0) is 4.79 Å². The number of aromatic nitrogens is 3. The fraction of sp³-hybridized carbons (Fsp3) is 0.278.